The Kier molecular flexibility index (Phi) is 3.73. The number of carbonyl (C=O) groups is 1. The van der Waals surface area contributed by atoms with Crippen molar-refractivity contribution in [2.24, 2.45) is 5.92 Å². The van der Waals surface area contributed by atoms with E-state index in [9.17, 15) is 4.79 Å². The second-order valence-electron chi connectivity index (χ2n) is 7.89. The van der Waals surface area contributed by atoms with Crippen molar-refractivity contribution in [1.82, 2.24) is 14.9 Å². The molecule has 2 fully saturated rings. The molecular weight excluding hydrogens is 340 g/mol. The van der Waals surface area contributed by atoms with E-state index in [0.717, 1.165) is 38.1 Å². The molecule has 3 heterocycles. The zero-order valence-electron chi connectivity index (χ0n) is 15.0. The number of aromatic nitrogens is 2. The van der Waals surface area contributed by atoms with E-state index in [-0.39, 0.29) is 11.4 Å². The van der Waals surface area contributed by atoms with Gasteiger partial charge in [0.2, 0.25) is 0 Å². The van der Waals surface area contributed by atoms with Gasteiger partial charge in [0, 0.05) is 25.4 Å². The van der Waals surface area contributed by atoms with Gasteiger partial charge >= 0.3 is 0 Å². The van der Waals surface area contributed by atoms with E-state index >= 15 is 0 Å². The average molecular weight is 360 g/mol. The number of nitriles is 1. The number of benzene rings is 1. The Bertz CT molecular complexity index is 938. The lowest BCUT2D eigenvalue weighted by molar-refractivity contribution is -0.172. The number of rotatable bonds is 3. The standard InChI is InChI=1S/C21H20N4O2/c22-9-14-1-2-16-6-15(7-17(16)5-14)8-19-23-10-18(11-24-19)20(26)25-4-3-21(25)12-27-13-21/h1-2,5,10-11,15H,3-4,6-8,12-13H2. The van der Waals surface area contributed by atoms with Crippen molar-refractivity contribution >= 4 is 5.91 Å². The predicted octanol–water partition coefficient (Wildman–Crippen LogP) is 1.92. The Labute approximate surface area is 157 Å². The fourth-order valence-corrected chi connectivity index (χ4v) is 4.40. The maximum atomic E-state index is 12.7. The number of amides is 1. The third kappa shape index (κ3) is 2.70. The summed E-state index contributed by atoms with van der Waals surface area (Å²) < 4.78 is 5.29. The van der Waals surface area contributed by atoms with Gasteiger partial charge in [-0.1, -0.05) is 6.07 Å². The maximum absolute atomic E-state index is 12.7. The van der Waals surface area contributed by atoms with Crippen molar-refractivity contribution in [2.45, 2.75) is 31.2 Å². The lowest BCUT2D eigenvalue weighted by Crippen LogP contribution is -2.72. The van der Waals surface area contributed by atoms with Gasteiger partial charge in [0.05, 0.1) is 35.9 Å². The van der Waals surface area contributed by atoms with Gasteiger partial charge in [0.25, 0.3) is 5.91 Å². The normalized spacial score (nSPS) is 21.9. The van der Waals surface area contributed by atoms with E-state index in [4.69, 9.17) is 10.00 Å². The smallest absolute Gasteiger partial charge is 0.257 e. The molecule has 0 bridgehead atoms. The molecule has 27 heavy (non-hydrogen) atoms. The minimum Gasteiger partial charge on any atom is -0.376 e. The van der Waals surface area contributed by atoms with Crippen LogP contribution in [0.2, 0.25) is 0 Å². The molecule has 1 aromatic heterocycles. The van der Waals surface area contributed by atoms with Crippen LogP contribution in [0.5, 0.6) is 0 Å². The lowest BCUT2D eigenvalue weighted by atomic mass is 9.82. The van der Waals surface area contributed by atoms with Crippen LogP contribution in [-0.4, -0.2) is 46.1 Å². The van der Waals surface area contributed by atoms with Crippen LogP contribution in [0.4, 0.5) is 0 Å². The zero-order valence-corrected chi connectivity index (χ0v) is 15.0. The van der Waals surface area contributed by atoms with Gasteiger partial charge in [-0.2, -0.15) is 5.26 Å². The molecule has 5 rings (SSSR count). The minimum atomic E-state index is -0.0618. The van der Waals surface area contributed by atoms with Crippen molar-refractivity contribution < 1.29 is 9.53 Å². The van der Waals surface area contributed by atoms with Crippen molar-refractivity contribution in [3.63, 3.8) is 0 Å². The quantitative estimate of drug-likeness (QED) is 0.836. The van der Waals surface area contributed by atoms with E-state index in [0.29, 0.717) is 30.3 Å². The molecule has 1 aromatic carbocycles. The van der Waals surface area contributed by atoms with Crippen LogP contribution in [-0.2, 0) is 24.0 Å². The van der Waals surface area contributed by atoms with E-state index in [1.54, 1.807) is 12.4 Å². The van der Waals surface area contributed by atoms with Gasteiger partial charge in [0.15, 0.2) is 0 Å². The molecule has 6 nitrogen and oxygen atoms in total. The largest absolute Gasteiger partial charge is 0.376 e. The van der Waals surface area contributed by atoms with Crippen molar-refractivity contribution in [3.8, 4) is 6.07 Å². The van der Waals surface area contributed by atoms with Crippen molar-refractivity contribution in [1.29, 1.82) is 5.26 Å². The van der Waals surface area contributed by atoms with Crippen molar-refractivity contribution in [3.05, 3.63) is 58.7 Å². The van der Waals surface area contributed by atoms with Crippen LogP contribution in [0.25, 0.3) is 0 Å². The van der Waals surface area contributed by atoms with Gasteiger partial charge in [-0.15, -0.1) is 0 Å². The molecule has 3 aliphatic rings. The number of hydrogen-bond donors (Lipinski definition) is 0. The molecule has 0 saturated carbocycles. The highest BCUT2D eigenvalue weighted by Crippen LogP contribution is 2.38. The molecule has 0 radical (unpaired) electrons. The summed E-state index contributed by atoms with van der Waals surface area (Å²) in [4.78, 5) is 23.5. The fraction of sp³-hybridized carbons (Fsp3) is 0.429. The van der Waals surface area contributed by atoms with Crippen LogP contribution in [0, 0.1) is 17.2 Å². The maximum Gasteiger partial charge on any atom is 0.257 e. The first-order valence-corrected chi connectivity index (χ1v) is 9.39. The molecule has 1 aliphatic carbocycles. The first-order chi connectivity index (χ1) is 13.2. The van der Waals surface area contributed by atoms with Gasteiger partial charge in [-0.3, -0.25) is 4.79 Å². The van der Waals surface area contributed by atoms with E-state index in [2.05, 4.69) is 22.1 Å². The summed E-state index contributed by atoms with van der Waals surface area (Å²) in [5.74, 6) is 1.23. The van der Waals surface area contributed by atoms with Gasteiger partial charge in [-0.25, -0.2) is 9.97 Å². The monoisotopic (exact) mass is 360 g/mol. The summed E-state index contributed by atoms with van der Waals surface area (Å²) in [6.07, 6.45) is 7.06. The zero-order chi connectivity index (χ0) is 18.4. The van der Waals surface area contributed by atoms with E-state index in [1.165, 1.54) is 11.1 Å². The Morgan fingerprint density at radius 2 is 2.04 bits per heavy atom. The molecule has 1 atom stereocenters. The van der Waals surface area contributed by atoms with Crippen LogP contribution in [0.15, 0.2) is 30.6 Å². The molecule has 136 valence electrons. The van der Waals surface area contributed by atoms with Gasteiger partial charge < -0.3 is 9.64 Å². The highest BCUT2D eigenvalue weighted by molar-refractivity contribution is 5.94. The Morgan fingerprint density at radius 1 is 1.26 bits per heavy atom. The van der Waals surface area contributed by atoms with Crippen LogP contribution in [0.1, 0.15) is 39.3 Å². The SMILES string of the molecule is N#Cc1ccc2c(c1)CC(Cc1ncc(C(=O)N3CCC34COC4)cn1)C2. The fourth-order valence-electron chi connectivity index (χ4n) is 4.40. The Morgan fingerprint density at radius 3 is 2.67 bits per heavy atom. The Hall–Kier alpha value is -2.78. The second-order valence-corrected chi connectivity index (χ2v) is 7.89. The summed E-state index contributed by atoms with van der Waals surface area (Å²) in [6, 6.07) is 8.14. The van der Waals surface area contributed by atoms with Crippen LogP contribution < -0.4 is 0 Å². The highest BCUT2D eigenvalue weighted by Gasteiger charge is 2.53. The molecule has 6 heteroatoms. The predicted molar refractivity (Wildman–Crippen MR) is 97.0 cm³/mol. The first kappa shape index (κ1) is 16.4. The average Bonchev–Trinajstić information content (AvgIpc) is 3.01. The number of carbonyl (C=O) groups excluding carboxylic acids is 1. The summed E-state index contributed by atoms with van der Waals surface area (Å²) in [5, 5.41) is 9.05. The first-order valence-electron chi connectivity index (χ1n) is 9.39. The number of ether oxygens (including phenoxy) is 1. The topological polar surface area (TPSA) is 79.1 Å². The minimum absolute atomic E-state index is 0.00778. The third-order valence-corrected chi connectivity index (χ3v) is 6.14. The van der Waals surface area contributed by atoms with Crippen molar-refractivity contribution in [2.75, 3.05) is 19.8 Å². The summed E-state index contributed by atoms with van der Waals surface area (Å²) >= 11 is 0. The van der Waals surface area contributed by atoms with Gasteiger partial charge in [-0.05, 0) is 48.4 Å². The molecule has 1 spiro atoms. The van der Waals surface area contributed by atoms with Crippen LogP contribution in [0.3, 0.4) is 0 Å². The van der Waals surface area contributed by atoms with E-state index < -0.39 is 0 Å². The van der Waals surface area contributed by atoms with Gasteiger partial charge in [0.1, 0.15) is 5.82 Å². The number of nitrogens with zero attached hydrogens (tertiary/aromatic N) is 4. The number of fused-ring (bicyclic) bond motifs is 1. The summed E-state index contributed by atoms with van der Waals surface area (Å²) in [6.45, 7) is 2.08. The molecule has 1 unspecified atom stereocenters. The second kappa shape index (κ2) is 6.14. The van der Waals surface area contributed by atoms with Crippen LogP contribution >= 0.6 is 0 Å². The molecule has 1 amide bonds. The molecule has 2 saturated heterocycles. The lowest BCUT2D eigenvalue weighted by Gasteiger charge is -2.57. The number of likely N-dealkylation sites (tertiary alicyclic amines) is 1. The molecular formula is C21H20N4O2. The molecule has 2 aromatic rings. The summed E-state index contributed by atoms with van der Waals surface area (Å²) in [5.41, 5.74) is 3.79. The Balaban J connectivity index is 1.24. The highest BCUT2D eigenvalue weighted by atomic mass is 16.5. The molecule has 2 aliphatic heterocycles. The summed E-state index contributed by atoms with van der Waals surface area (Å²) in [7, 11) is 0. The number of hydrogen-bond acceptors (Lipinski definition) is 5. The third-order valence-electron chi connectivity index (χ3n) is 6.14. The van der Waals surface area contributed by atoms with E-state index in [1.807, 2.05) is 17.0 Å². The molecule has 0 N–H and O–H groups in total.